The summed E-state index contributed by atoms with van der Waals surface area (Å²) in [4.78, 5) is 16.1. The van der Waals surface area contributed by atoms with Crippen LogP contribution >= 0.6 is 0 Å². The lowest BCUT2D eigenvalue weighted by Crippen LogP contribution is -2.26. The smallest absolute Gasteiger partial charge is 0.323 e. The van der Waals surface area contributed by atoms with Gasteiger partial charge in [-0.05, 0) is 45.0 Å². The number of para-hydroxylation sites is 1. The van der Waals surface area contributed by atoms with E-state index in [0.717, 1.165) is 11.5 Å². The zero-order valence-electron chi connectivity index (χ0n) is 12.5. The maximum Gasteiger partial charge on any atom is 0.323 e. The maximum absolute atomic E-state index is 11.8. The van der Waals surface area contributed by atoms with Gasteiger partial charge in [0.1, 0.15) is 5.82 Å². The van der Waals surface area contributed by atoms with Gasteiger partial charge in [0.25, 0.3) is 0 Å². The molecule has 1 aromatic heterocycles. The second-order valence-electron chi connectivity index (χ2n) is 5.75. The van der Waals surface area contributed by atoms with E-state index in [-0.39, 0.29) is 11.6 Å². The summed E-state index contributed by atoms with van der Waals surface area (Å²) in [7, 11) is 0. The number of amides is 2. The van der Waals surface area contributed by atoms with Crippen LogP contribution in [0.4, 0.5) is 22.0 Å². The highest BCUT2D eigenvalue weighted by atomic mass is 16.2. The maximum atomic E-state index is 11.8. The van der Waals surface area contributed by atoms with E-state index in [4.69, 9.17) is 0 Å². The first kappa shape index (κ1) is 14.8. The van der Waals surface area contributed by atoms with Crippen molar-refractivity contribution < 1.29 is 4.79 Å². The zero-order valence-corrected chi connectivity index (χ0v) is 12.5. The number of benzene rings is 1. The van der Waals surface area contributed by atoms with Crippen molar-refractivity contribution in [3.8, 4) is 0 Å². The van der Waals surface area contributed by atoms with Gasteiger partial charge in [0.15, 0.2) is 0 Å². The summed E-state index contributed by atoms with van der Waals surface area (Å²) in [6, 6.07) is 12.6. The lowest BCUT2D eigenvalue weighted by Gasteiger charge is -2.21. The van der Waals surface area contributed by atoms with Crippen LogP contribution in [-0.2, 0) is 0 Å². The molecule has 2 amide bonds. The lowest BCUT2D eigenvalue weighted by atomic mass is 10.1. The summed E-state index contributed by atoms with van der Waals surface area (Å²) < 4.78 is 0. The quantitative estimate of drug-likeness (QED) is 0.800. The fourth-order valence-electron chi connectivity index (χ4n) is 1.74. The fourth-order valence-corrected chi connectivity index (χ4v) is 1.74. The molecule has 0 aliphatic heterocycles. The van der Waals surface area contributed by atoms with Crippen LogP contribution in [0.1, 0.15) is 20.8 Å². The van der Waals surface area contributed by atoms with Gasteiger partial charge in [0.2, 0.25) is 0 Å². The van der Waals surface area contributed by atoms with E-state index in [9.17, 15) is 4.79 Å². The van der Waals surface area contributed by atoms with E-state index in [0.29, 0.717) is 5.69 Å². The van der Waals surface area contributed by atoms with Crippen LogP contribution in [0.5, 0.6) is 0 Å². The van der Waals surface area contributed by atoms with Crippen LogP contribution in [0.3, 0.4) is 0 Å². The molecule has 0 aliphatic rings. The summed E-state index contributed by atoms with van der Waals surface area (Å²) in [6.07, 6.45) is 1.62. The molecule has 1 heterocycles. The minimum atomic E-state index is -0.292. The third kappa shape index (κ3) is 5.14. The van der Waals surface area contributed by atoms with Crippen molar-refractivity contribution in [2.45, 2.75) is 26.3 Å². The number of anilines is 3. The number of hydrogen-bond acceptors (Lipinski definition) is 3. The van der Waals surface area contributed by atoms with Gasteiger partial charge in [-0.1, -0.05) is 18.2 Å². The predicted octanol–water partition coefficient (Wildman–Crippen LogP) is 3.94. The third-order valence-corrected chi connectivity index (χ3v) is 2.56. The molecule has 3 N–H and O–H groups in total. The van der Waals surface area contributed by atoms with E-state index in [1.165, 1.54) is 0 Å². The van der Waals surface area contributed by atoms with Crippen LogP contribution in [0.15, 0.2) is 48.7 Å². The number of aromatic nitrogens is 1. The molecule has 110 valence electrons. The second-order valence-corrected chi connectivity index (χ2v) is 5.75. The third-order valence-electron chi connectivity index (χ3n) is 2.56. The van der Waals surface area contributed by atoms with Crippen molar-refractivity contribution in [1.29, 1.82) is 0 Å². The molecule has 0 aliphatic carbocycles. The Kier molecular flexibility index (Phi) is 4.42. The number of carbonyl (C=O) groups excluding carboxylic acids is 1. The van der Waals surface area contributed by atoms with Gasteiger partial charge in [-0.15, -0.1) is 0 Å². The average molecular weight is 284 g/mol. The van der Waals surface area contributed by atoms with Crippen molar-refractivity contribution in [2.75, 3.05) is 16.0 Å². The number of carbonyl (C=O) groups is 1. The van der Waals surface area contributed by atoms with E-state index >= 15 is 0 Å². The zero-order chi connectivity index (χ0) is 15.3. The first-order chi connectivity index (χ1) is 9.92. The summed E-state index contributed by atoms with van der Waals surface area (Å²) in [6.45, 7) is 6.19. The standard InChI is InChI=1S/C16H20N4O/c1-16(2,3)20-14-10-9-13(11-17-14)19-15(21)18-12-7-5-4-6-8-12/h4-11H,1-3H3,(H,17,20)(H2,18,19,21). The molecule has 2 rings (SSSR count). The van der Waals surface area contributed by atoms with Gasteiger partial charge in [-0.2, -0.15) is 0 Å². The highest BCUT2D eigenvalue weighted by molar-refractivity contribution is 5.99. The van der Waals surface area contributed by atoms with Crippen molar-refractivity contribution in [3.63, 3.8) is 0 Å². The lowest BCUT2D eigenvalue weighted by molar-refractivity contribution is 0.262. The van der Waals surface area contributed by atoms with E-state index in [1.807, 2.05) is 42.5 Å². The Morgan fingerprint density at radius 1 is 0.952 bits per heavy atom. The second kappa shape index (κ2) is 6.26. The molecule has 0 atom stereocenters. The van der Waals surface area contributed by atoms with Gasteiger partial charge >= 0.3 is 6.03 Å². The summed E-state index contributed by atoms with van der Waals surface area (Å²) >= 11 is 0. The molecule has 21 heavy (non-hydrogen) atoms. The van der Waals surface area contributed by atoms with Gasteiger partial charge in [-0.25, -0.2) is 9.78 Å². The number of nitrogens with one attached hydrogen (secondary N) is 3. The summed E-state index contributed by atoms with van der Waals surface area (Å²) in [5.74, 6) is 0.775. The summed E-state index contributed by atoms with van der Waals surface area (Å²) in [5, 5.41) is 8.75. The molecule has 0 spiro atoms. The van der Waals surface area contributed by atoms with E-state index in [2.05, 4.69) is 41.7 Å². The van der Waals surface area contributed by atoms with Gasteiger partial charge in [0.05, 0.1) is 11.9 Å². The van der Waals surface area contributed by atoms with Crippen LogP contribution < -0.4 is 16.0 Å². The molecule has 0 unspecified atom stereocenters. The number of hydrogen-bond donors (Lipinski definition) is 3. The molecule has 0 saturated carbocycles. The predicted molar refractivity (Wildman–Crippen MR) is 86.7 cm³/mol. The van der Waals surface area contributed by atoms with Crippen LogP contribution in [0.2, 0.25) is 0 Å². The number of rotatable bonds is 3. The van der Waals surface area contributed by atoms with Gasteiger partial charge in [0, 0.05) is 11.2 Å². The first-order valence-corrected chi connectivity index (χ1v) is 6.80. The highest BCUT2D eigenvalue weighted by Crippen LogP contribution is 2.14. The van der Waals surface area contributed by atoms with Crippen molar-refractivity contribution in [2.24, 2.45) is 0 Å². The summed E-state index contributed by atoms with van der Waals surface area (Å²) in [5.41, 5.74) is 1.34. The minimum Gasteiger partial charge on any atom is -0.365 e. The Bertz CT molecular complexity index is 588. The first-order valence-electron chi connectivity index (χ1n) is 6.80. The van der Waals surface area contributed by atoms with Crippen molar-refractivity contribution in [3.05, 3.63) is 48.7 Å². The number of urea groups is 1. The molecule has 0 fully saturated rings. The molecular weight excluding hydrogens is 264 g/mol. The molecular formula is C16H20N4O. The SMILES string of the molecule is CC(C)(C)Nc1ccc(NC(=O)Nc2ccccc2)cn1. The van der Waals surface area contributed by atoms with Gasteiger partial charge in [-0.3, -0.25) is 0 Å². The Hall–Kier alpha value is -2.56. The van der Waals surface area contributed by atoms with Crippen LogP contribution in [-0.4, -0.2) is 16.6 Å². The minimum absolute atomic E-state index is 0.0490. The van der Waals surface area contributed by atoms with Crippen molar-refractivity contribution >= 4 is 23.2 Å². The van der Waals surface area contributed by atoms with Gasteiger partial charge < -0.3 is 16.0 Å². The normalized spacial score (nSPS) is 10.8. The topological polar surface area (TPSA) is 66.0 Å². The highest BCUT2D eigenvalue weighted by Gasteiger charge is 2.10. The molecule has 2 aromatic rings. The molecule has 0 bridgehead atoms. The Morgan fingerprint density at radius 2 is 1.62 bits per heavy atom. The number of pyridine rings is 1. The Balaban J connectivity index is 1.92. The van der Waals surface area contributed by atoms with Crippen LogP contribution in [0, 0.1) is 0 Å². The monoisotopic (exact) mass is 284 g/mol. The molecule has 0 radical (unpaired) electrons. The van der Waals surface area contributed by atoms with Crippen molar-refractivity contribution in [1.82, 2.24) is 4.98 Å². The fraction of sp³-hybridized carbons (Fsp3) is 0.250. The molecule has 5 nitrogen and oxygen atoms in total. The molecule has 1 aromatic carbocycles. The van der Waals surface area contributed by atoms with Crippen LogP contribution in [0.25, 0.3) is 0 Å². The largest absolute Gasteiger partial charge is 0.365 e. The average Bonchev–Trinajstić information content (AvgIpc) is 2.40. The van der Waals surface area contributed by atoms with E-state index < -0.39 is 0 Å². The Labute approximate surface area is 124 Å². The molecule has 5 heteroatoms. The number of nitrogens with zero attached hydrogens (tertiary/aromatic N) is 1. The van der Waals surface area contributed by atoms with E-state index in [1.54, 1.807) is 6.20 Å². The molecule has 0 saturated heterocycles. The Morgan fingerprint density at radius 3 is 2.19 bits per heavy atom.